The lowest BCUT2D eigenvalue weighted by Crippen LogP contribution is -2.80. The lowest BCUT2D eigenvalue weighted by atomic mass is 9.61. The Morgan fingerprint density at radius 3 is 1.50 bits per heavy atom. The highest BCUT2D eigenvalue weighted by molar-refractivity contribution is 5.60. The van der Waals surface area contributed by atoms with Crippen LogP contribution in [0.1, 0.15) is 40.5 Å². The van der Waals surface area contributed by atoms with Crippen LogP contribution in [-0.2, 0) is 9.47 Å². The maximum Gasteiger partial charge on any atom is 0.158 e. The molecule has 150 valence electrons. The van der Waals surface area contributed by atoms with Crippen LogP contribution < -0.4 is 0 Å². The van der Waals surface area contributed by atoms with Gasteiger partial charge in [0.05, 0.1) is 0 Å². The summed E-state index contributed by atoms with van der Waals surface area (Å²) in [5.41, 5.74) is -15.7. The van der Waals surface area contributed by atoms with Gasteiger partial charge in [-0.25, -0.2) is 0 Å². The van der Waals surface area contributed by atoms with Gasteiger partial charge in [0, 0.05) is 44.0 Å². The molecular weight excluding hydrogens is 344 g/mol. The molecular formula is C18H30O8. The van der Waals surface area contributed by atoms with Crippen molar-refractivity contribution in [2.45, 2.75) is 80.2 Å². The van der Waals surface area contributed by atoms with Gasteiger partial charge in [0.25, 0.3) is 0 Å². The molecule has 0 spiro atoms. The Morgan fingerprint density at radius 1 is 0.769 bits per heavy atom. The fourth-order valence-electron chi connectivity index (χ4n) is 6.90. The molecule has 0 radical (unpaired) electrons. The molecule has 1 saturated heterocycles. The van der Waals surface area contributed by atoms with E-state index in [4.69, 9.17) is 9.47 Å². The number of ether oxygens (including phenoxy) is 2. The molecule has 26 heavy (non-hydrogen) atoms. The van der Waals surface area contributed by atoms with Gasteiger partial charge in [-0.3, -0.25) is 0 Å². The molecule has 8 heteroatoms. The summed E-state index contributed by atoms with van der Waals surface area (Å²) in [5, 5.41) is 68.7. The summed E-state index contributed by atoms with van der Waals surface area (Å²) in [5.74, 6) is 0. The molecule has 4 rings (SSSR count). The molecule has 0 amide bonds. The van der Waals surface area contributed by atoms with E-state index in [0.29, 0.717) is 0 Å². The van der Waals surface area contributed by atoms with Crippen molar-refractivity contribution in [2.75, 3.05) is 20.3 Å². The smallest absolute Gasteiger partial charge is 0.158 e. The van der Waals surface area contributed by atoms with Crippen LogP contribution in [0.4, 0.5) is 0 Å². The number of rotatable bonds is 2. The molecule has 3 saturated carbocycles. The first kappa shape index (κ1) is 19.0. The fourth-order valence-corrected chi connectivity index (χ4v) is 6.90. The molecule has 6 atom stereocenters. The lowest BCUT2D eigenvalue weighted by molar-refractivity contribution is -0.338. The standard InChI is InChI=1S/C18H30O8/c1-11(2)14(20)10(19)15(21)12(3,4)17(15,23)18(24,16(11,14)22)13(25-5)6-8-26-9-7-13/h10,19-24H,6-9H2,1-5H3/t10?,14-,15-,16-,17+,18?/m0/s1. The van der Waals surface area contributed by atoms with Crippen molar-refractivity contribution >= 4 is 0 Å². The number of fused-ring (bicyclic) bond motifs is 2. The first-order valence-electron chi connectivity index (χ1n) is 9.10. The summed E-state index contributed by atoms with van der Waals surface area (Å²) in [6.07, 6.45) is -1.54. The highest BCUT2D eigenvalue weighted by Gasteiger charge is 3.11. The van der Waals surface area contributed by atoms with Gasteiger partial charge in [-0.15, -0.1) is 0 Å². The van der Waals surface area contributed by atoms with Crippen molar-refractivity contribution in [3.8, 4) is 0 Å². The normalized spacial score (nSPS) is 58.5. The molecule has 2 unspecified atom stereocenters. The summed E-state index contributed by atoms with van der Waals surface area (Å²) in [7, 11) is 1.36. The van der Waals surface area contributed by atoms with E-state index >= 15 is 0 Å². The minimum atomic E-state index is -2.44. The average molecular weight is 374 g/mol. The Hall–Kier alpha value is -0.320. The summed E-state index contributed by atoms with van der Waals surface area (Å²) in [6.45, 7) is 6.43. The van der Waals surface area contributed by atoms with Gasteiger partial charge in [-0.2, -0.15) is 0 Å². The molecule has 0 aromatic rings. The van der Waals surface area contributed by atoms with Gasteiger partial charge in [0.15, 0.2) is 5.60 Å². The van der Waals surface area contributed by atoms with E-state index in [0.717, 1.165) is 0 Å². The van der Waals surface area contributed by atoms with E-state index < -0.39 is 50.5 Å². The summed E-state index contributed by atoms with van der Waals surface area (Å²) in [4.78, 5) is 0. The van der Waals surface area contributed by atoms with Gasteiger partial charge >= 0.3 is 0 Å². The van der Waals surface area contributed by atoms with E-state index in [1.807, 2.05) is 0 Å². The van der Waals surface area contributed by atoms with E-state index in [9.17, 15) is 30.6 Å². The van der Waals surface area contributed by atoms with Crippen LogP contribution in [0.15, 0.2) is 0 Å². The summed E-state index contributed by atoms with van der Waals surface area (Å²) < 4.78 is 11.1. The van der Waals surface area contributed by atoms with Crippen molar-refractivity contribution in [2.24, 2.45) is 10.8 Å². The maximum atomic E-state index is 12.1. The van der Waals surface area contributed by atoms with E-state index in [2.05, 4.69) is 0 Å². The third-order valence-electron chi connectivity index (χ3n) is 8.88. The Kier molecular flexibility index (Phi) is 3.15. The second kappa shape index (κ2) is 4.31. The first-order valence-corrected chi connectivity index (χ1v) is 9.10. The first-order chi connectivity index (χ1) is 11.7. The zero-order valence-corrected chi connectivity index (χ0v) is 15.9. The largest absolute Gasteiger partial charge is 0.387 e. The monoisotopic (exact) mass is 374 g/mol. The van der Waals surface area contributed by atoms with Crippen LogP contribution in [0.25, 0.3) is 0 Å². The van der Waals surface area contributed by atoms with Gasteiger partial charge in [-0.1, -0.05) is 27.7 Å². The number of hydrogen-bond donors (Lipinski definition) is 6. The third kappa shape index (κ3) is 1.18. The summed E-state index contributed by atoms with van der Waals surface area (Å²) >= 11 is 0. The van der Waals surface area contributed by atoms with Gasteiger partial charge in [0.1, 0.15) is 34.1 Å². The third-order valence-corrected chi connectivity index (χ3v) is 8.88. The summed E-state index contributed by atoms with van der Waals surface area (Å²) in [6, 6.07) is 0. The van der Waals surface area contributed by atoms with Crippen LogP contribution in [0.3, 0.4) is 0 Å². The number of aliphatic hydroxyl groups excluding tert-OH is 1. The quantitative estimate of drug-likeness (QED) is 0.336. The fraction of sp³-hybridized carbons (Fsp3) is 1.00. The van der Waals surface area contributed by atoms with E-state index in [1.165, 1.54) is 34.8 Å². The van der Waals surface area contributed by atoms with E-state index in [1.54, 1.807) is 0 Å². The van der Waals surface area contributed by atoms with Crippen molar-refractivity contribution < 1.29 is 40.1 Å². The minimum absolute atomic E-state index is 0.152. The molecule has 4 aliphatic rings. The topological polar surface area (TPSA) is 140 Å². The average Bonchev–Trinajstić information content (AvgIpc) is 3.17. The van der Waals surface area contributed by atoms with E-state index in [-0.39, 0.29) is 26.1 Å². The minimum Gasteiger partial charge on any atom is -0.387 e. The van der Waals surface area contributed by atoms with Gasteiger partial charge in [0.2, 0.25) is 0 Å². The number of hydrogen-bond acceptors (Lipinski definition) is 8. The molecule has 0 aromatic heterocycles. The predicted octanol–water partition coefficient (Wildman–Crippen LogP) is -1.71. The second-order valence-electron chi connectivity index (χ2n) is 9.63. The Labute approximate surface area is 152 Å². The van der Waals surface area contributed by atoms with Crippen molar-refractivity contribution in [1.82, 2.24) is 0 Å². The van der Waals surface area contributed by atoms with Crippen molar-refractivity contribution in [3.63, 3.8) is 0 Å². The lowest BCUT2D eigenvalue weighted by Gasteiger charge is -2.57. The molecule has 8 nitrogen and oxygen atoms in total. The molecule has 4 fully saturated rings. The molecule has 0 bridgehead atoms. The molecule has 3 aliphatic carbocycles. The van der Waals surface area contributed by atoms with Crippen LogP contribution >= 0.6 is 0 Å². The van der Waals surface area contributed by atoms with Crippen LogP contribution in [-0.4, -0.2) is 90.7 Å². The predicted molar refractivity (Wildman–Crippen MR) is 88.1 cm³/mol. The Balaban J connectivity index is 2.04. The number of methoxy groups -OCH3 is 1. The highest BCUT2D eigenvalue weighted by atomic mass is 16.5. The zero-order chi connectivity index (χ0) is 19.8. The van der Waals surface area contributed by atoms with Crippen molar-refractivity contribution in [1.29, 1.82) is 0 Å². The van der Waals surface area contributed by atoms with Crippen molar-refractivity contribution in [3.05, 3.63) is 0 Å². The van der Waals surface area contributed by atoms with Crippen LogP contribution in [0, 0.1) is 10.8 Å². The molecule has 6 N–H and O–H groups in total. The van der Waals surface area contributed by atoms with Crippen LogP contribution in [0.2, 0.25) is 0 Å². The second-order valence-corrected chi connectivity index (χ2v) is 9.63. The maximum absolute atomic E-state index is 12.1. The highest BCUT2D eigenvalue weighted by Crippen LogP contribution is 2.88. The van der Waals surface area contributed by atoms with Gasteiger partial charge < -0.3 is 40.1 Å². The molecule has 1 aliphatic heterocycles. The number of aliphatic hydroxyl groups is 6. The Morgan fingerprint density at radius 2 is 1.15 bits per heavy atom. The van der Waals surface area contributed by atoms with Crippen LogP contribution in [0.5, 0.6) is 0 Å². The van der Waals surface area contributed by atoms with Gasteiger partial charge in [-0.05, 0) is 0 Å². The SMILES string of the molecule is COC1(C2(O)[C@@]3(O)C(C)(C)[C@@]3(O)C(O)[C@]3(O)C(C)(C)[C@@]23O)CCOCC1. The Bertz CT molecular complexity index is 630. The zero-order valence-electron chi connectivity index (χ0n) is 15.9. The molecule has 1 heterocycles. The molecule has 0 aromatic carbocycles.